The lowest BCUT2D eigenvalue weighted by Crippen LogP contribution is -2.12. The van der Waals surface area contributed by atoms with Crippen LogP contribution in [-0.4, -0.2) is 22.4 Å². The molecule has 4 nitrogen and oxygen atoms in total. The summed E-state index contributed by atoms with van der Waals surface area (Å²) in [5.41, 5.74) is 2.92. The van der Waals surface area contributed by atoms with Crippen LogP contribution < -0.4 is 5.32 Å². The van der Waals surface area contributed by atoms with Crippen LogP contribution in [0.5, 0.6) is 0 Å². The van der Waals surface area contributed by atoms with Crippen LogP contribution in [0, 0.1) is 13.8 Å². The quantitative estimate of drug-likeness (QED) is 0.639. The minimum atomic E-state index is -0.0953. The molecule has 2 aromatic rings. The Morgan fingerprint density at radius 1 is 1.27 bits per heavy atom. The number of carbonyl (C=O) groups is 2. The maximum Gasteiger partial charge on any atom is 0.226 e. The van der Waals surface area contributed by atoms with E-state index >= 15 is 0 Å². The van der Waals surface area contributed by atoms with Gasteiger partial charge in [0, 0.05) is 29.4 Å². The third-order valence-electron chi connectivity index (χ3n) is 3.19. The number of aromatic nitrogens is 1. The molecule has 0 aliphatic rings. The summed E-state index contributed by atoms with van der Waals surface area (Å²) in [7, 11) is 0. The van der Waals surface area contributed by atoms with Crippen molar-refractivity contribution in [1.82, 2.24) is 4.98 Å². The third-order valence-corrected chi connectivity index (χ3v) is 4.94. The summed E-state index contributed by atoms with van der Waals surface area (Å²) in [4.78, 5) is 28.3. The lowest BCUT2D eigenvalue weighted by molar-refractivity contribution is -0.115. The SMILES string of the molecule is CC(=O)c1csc(NC(=O)CCSc2ccc(C)c(C)c2)n1. The van der Waals surface area contributed by atoms with E-state index in [-0.39, 0.29) is 11.7 Å². The molecular formula is C16H18N2O2S2. The third kappa shape index (κ3) is 4.68. The van der Waals surface area contributed by atoms with Gasteiger partial charge in [-0.15, -0.1) is 23.1 Å². The van der Waals surface area contributed by atoms with E-state index in [2.05, 4.69) is 42.3 Å². The van der Waals surface area contributed by atoms with Gasteiger partial charge in [0.15, 0.2) is 10.9 Å². The lowest BCUT2D eigenvalue weighted by Gasteiger charge is -2.05. The minimum absolute atomic E-state index is 0.0826. The highest BCUT2D eigenvalue weighted by Crippen LogP contribution is 2.22. The molecule has 0 saturated carbocycles. The number of anilines is 1. The summed E-state index contributed by atoms with van der Waals surface area (Å²) in [6.45, 7) is 5.63. The standard InChI is InChI=1S/C16H18N2O2S2/c1-10-4-5-13(8-11(10)2)21-7-6-15(20)18-16-17-14(9-22-16)12(3)19/h4-5,8-9H,6-7H2,1-3H3,(H,17,18,20). The van der Waals surface area contributed by atoms with E-state index in [0.29, 0.717) is 23.0 Å². The van der Waals surface area contributed by atoms with E-state index < -0.39 is 0 Å². The minimum Gasteiger partial charge on any atom is -0.302 e. The van der Waals surface area contributed by atoms with Crippen molar-refractivity contribution in [2.75, 3.05) is 11.1 Å². The van der Waals surface area contributed by atoms with E-state index in [1.807, 2.05) is 0 Å². The van der Waals surface area contributed by atoms with E-state index in [1.54, 1.807) is 17.1 Å². The van der Waals surface area contributed by atoms with Crippen molar-refractivity contribution in [3.63, 3.8) is 0 Å². The second-order valence-corrected chi connectivity index (χ2v) is 7.01. The van der Waals surface area contributed by atoms with Crippen molar-refractivity contribution >= 4 is 39.9 Å². The number of thioether (sulfide) groups is 1. The molecule has 1 N–H and O–H groups in total. The number of rotatable bonds is 6. The molecule has 1 amide bonds. The van der Waals surface area contributed by atoms with E-state index in [9.17, 15) is 9.59 Å². The molecule has 1 aromatic heterocycles. The zero-order valence-corrected chi connectivity index (χ0v) is 14.4. The van der Waals surface area contributed by atoms with Crippen LogP contribution in [0.15, 0.2) is 28.5 Å². The molecule has 0 aliphatic heterocycles. The normalized spacial score (nSPS) is 10.5. The topological polar surface area (TPSA) is 59.1 Å². The van der Waals surface area contributed by atoms with Gasteiger partial charge in [0.1, 0.15) is 5.69 Å². The number of ketones is 1. The van der Waals surface area contributed by atoms with Gasteiger partial charge in [-0.3, -0.25) is 9.59 Å². The van der Waals surface area contributed by atoms with E-state index in [0.717, 1.165) is 0 Å². The van der Waals surface area contributed by atoms with Gasteiger partial charge < -0.3 is 5.32 Å². The maximum atomic E-state index is 11.9. The first kappa shape index (κ1) is 16.7. The lowest BCUT2D eigenvalue weighted by atomic mass is 10.1. The van der Waals surface area contributed by atoms with Gasteiger partial charge in [-0.1, -0.05) is 6.07 Å². The average molecular weight is 334 g/mol. The Kier molecular flexibility index (Phi) is 5.74. The van der Waals surface area contributed by atoms with Crippen molar-refractivity contribution in [3.8, 4) is 0 Å². The van der Waals surface area contributed by atoms with E-state index in [4.69, 9.17) is 0 Å². The number of hydrogen-bond acceptors (Lipinski definition) is 5. The molecular weight excluding hydrogens is 316 g/mol. The Labute approximate surface area is 138 Å². The summed E-state index contributed by atoms with van der Waals surface area (Å²) in [6, 6.07) is 6.30. The summed E-state index contributed by atoms with van der Waals surface area (Å²) >= 11 is 2.93. The summed E-state index contributed by atoms with van der Waals surface area (Å²) in [5.74, 6) is 0.530. The predicted octanol–water partition coefficient (Wildman–Crippen LogP) is 4.08. The molecule has 0 spiro atoms. The Bertz CT molecular complexity index is 695. The first-order valence-corrected chi connectivity index (χ1v) is 8.78. The number of Topliss-reactive ketones (excluding diaryl/α,β-unsaturated/α-hetero) is 1. The van der Waals surface area contributed by atoms with Crippen LogP contribution in [0.2, 0.25) is 0 Å². The molecule has 1 aromatic carbocycles. The predicted molar refractivity (Wildman–Crippen MR) is 92.0 cm³/mol. The number of hydrogen-bond donors (Lipinski definition) is 1. The van der Waals surface area contributed by atoms with Crippen molar-refractivity contribution < 1.29 is 9.59 Å². The number of amides is 1. The second-order valence-electron chi connectivity index (χ2n) is 4.99. The van der Waals surface area contributed by atoms with Crippen LogP contribution in [0.25, 0.3) is 0 Å². The molecule has 0 bridgehead atoms. The van der Waals surface area contributed by atoms with Crippen molar-refractivity contribution in [2.45, 2.75) is 32.1 Å². The molecule has 0 fully saturated rings. The molecule has 6 heteroatoms. The molecule has 0 atom stereocenters. The van der Waals surface area contributed by atoms with Gasteiger partial charge in [0.2, 0.25) is 5.91 Å². The average Bonchev–Trinajstić information content (AvgIpc) is 2.91. The fraction of sp³-hybridized carbons (Fsp3) is 0.312. The number of thiazole rings is 1. The van der Waals surface area contributed by atoms with Gasteiger partial charge in [0.25, 0.3) is 0 Å². The maximum absolute atomic E-state index is 11.9. The molecule has 0 saturated heterocycles. The molecule has 2 rings (SSSR count). The zero-order valence-electron chi connectivity index (χ0n) is 12.8. The van der Waals surface area contributed by atoms with Gasteiger partial charge in [-0.2, -0.15) is 0 Å². The summed E-state index contributed by atoms with van der Waals surface area (Å²) in [5, 5.41) is 4.86. The number of aryl methyl sites for hydroxylation is 2. The van der Waals surface area contributed by atoms with Crippen LogP contribution in [-0.2, 0) is 4.79 Å². The van der Waals surface area contributed by atoms with E-state index in [1.165, 1.54) is 34.3 Å². The largest absolute Gasteiger partial charge is 0.302 e. The van der Waals surface area contributed by atoms with Gasteiger partial charge in [-0.05, 0) is 37.1 Å². The second kappa shape index (κ2) is 7.56. The van der Waals surface area contributed by atoms with Crippen molar-refractivity contribution in [1.29, 1.82) is 0 Å². The Morgan fingerprint density at radius 3 is 2.68 bits per heavy atom. The Morgan fingerprint density at radius 2 is 2.05 bits per heavy atom. The van der Waals surface area contributed by atoms with Crippen LogP contribution >= 0.6 is 23.1 Å². The van der Waals surface area contributed by atoms with Crippen LogP contribution in [0.3, 0.4) is 0 Å². The highest BCUT2D eigenvalue weighted by Gasteiger charge is 2.09. The first-order chi connectivity index (χ1) is 10.5. The molecule has 1 heterocycles. The fourth-order valence-corrected chi connectivity index (χ4v) is 3.45. The van der Waals surface area contributed by atoms with Crippen molar-refractivity contribution in [3.05, 3.63) is 40.4 Å². The zero-order chi connectivity index (χ0) is 16.1. The number of nitrogens with zero attached hydrogens (tertiary/aromatic N) is 1. The Hall–Kier alpha value is -1.66. The number of carbonyl (C=O) groups excluding carboxylic acids is 2. The molecule has 0 unspecified atom stereocenters. The monoisotopic (exact) mass is 334 g/mol. The van der Waals surface area contributed by atoms with Crippen LogP contribution in [0.1, 0.15) is 35.0 Å². The van der Waals surface area contributed by atoms with Gasteiger partial charge >= 0.3 is 0 Å². The summed E-state index contributed by atoms with van der Waals surface area (Å²) in [6.07, 6.45) is 0.409. The highest BCUT2D eigenvalue weighted by atomic mass is 32.2. The van der Waals surface area contributed by atoms with Gasteiger partial charge in [-0.25, -0.2) is 4.98 Å². The fourth-order valence-electron chi connectivity index (χ4n) is 1.74. The summed E-state index contributed by atoms with van der Waals surface area (Å²) < 4.78 is 0. The molecule has 0 radical (unpaired) electrons. The molecule has 22 heavy (non-hydrogen) atoms. The number of benzene rings is 1. The number of nitrogens with one attached hydrogen (secondary N) is 1. The smallest absolute Gasteiger partial charge is 0.226 e. The van der Waals surface area contributed by atoms with Crippen molar-refractivity contribution in [2.24, 2.45) is 0 Å². The highest BCUT2D eigenvalue weighted by molar-refractivity contribution is 7.99. The first-order valence-electron chi connectivity index (χ1n) is 6.92. The molecule has 0 aliphatic carbocycles. The van der Waals surface area contributed by atoms with Gasteiger partial charge in [0.05, 0.1) is 0 Å². The molecule has 116 valence electrons. The Balaban J connectivity index is 1.79. The van der Waals surface area contributed by atoms with Crippen LogP contribution in [0.4, 0.5) is 5.13 Å².